The molecule has 2 atom stereocenters. The van der Waals surface area contributed by atoms with Gasteiger partial charge in [-0.1, -0.05) is 311 Å². The van der Waals surface area contributed by atoms with Gasteiger partial charge in [-0.05, 0) is 141 Å². The Hall–Kier alpha value is -2.09. The second-order valence-corrected chi connectivity index (χ2v) is 36.4. The summed E-state index contributed by atoms with van der Waals surface area (Å²) in [7, 11) is 0. The zero-order chi connectivity index (χ0) is 85.2. The van der Waals surface area contributed by atoms with Gasteiger partial charge in [0.15, 0.2) is 0 Å². The molecule has 0 aliphatic carbocycles. The first-order chi connectivity index (χ1) is 47.2. The van der Waals surface area contributed by atoms with Crippen LogP contribution in [0.5, 0.6) is 0 Å². The van der Waals surface area contributed by atoms with Crippen molar-refractivity contribution in [3.63, 3.8) is 0 Å². The predicted octanol–water partition coefficient (Wildman–Crippen LogP) is 35.5. The lowest BCUT2D eigenvalue weighted by Gasteiger charge is -2.20. The van der Waals surface area contributed by atoms with E-state index in [9.17, 15) is 65.9 Å². The lowest BCUT2D eigenvalue weighted by atomic mass is 9.97. The minimum absolute atomic E-state index is 0.0275. The van der Waals surface area contributed by atoms with Gasteiger partial charge >= 0.3 is 0 Å². The summed E-state index contributed by atoms with van der Waals surface area (Å²) in [5.41, 5.74) is 0. The average molecular weight is 1540 g/mol. The first-order valence-electron chi connectivity index (χ1n) is 41.1. The van der Waals surface area contributed by atoms with Crippen molar-refractivity contribution in [2.24, 2.45) is 107 Å². The fourth-order valence-electron chi connectivity index (χ4n) is 8.44. The van der Waals surface area contributed by atoms with Crippen molar-refractivity contribution < 1.29 is 65.9 Å². The lowest BCUT2D eigenvalue weighted by molar-refractivity contribution is -0.0549. The number of hydrogen-bond acceptors (Lipinski definition) is 0. The van der Waals surface area contributed by atoms with Gasteiger partial charge in [-0.25, -0.2) is 65.9 Å². The zero-order valence-electron chi connectivity index (χ0n) is 74.9. The van der Waals surface area contributed by atoms with E-state index in [1.54, 1.807) is 65.8 Å². The normalized spacial score (nSPS) is 13.6. The van der Waals surface area contributed by atoms with Gasteiger partial charge in [-0.2, -0.15) is 0 Å². The van der Waals surface area contributed by atoms with E-state index in [1.807, 2.05) is 137 Å². The van der Waals surface area contributed by atoms with E-state index in [4.69, 9.17) is 0 Å². The fourth-order valence-corrected chi connectivity index (χ4v) is 8.44. The molecule has 0 bridgehead atoms. The Bertz CT molecular complexity index is 1900. The van der Waals surface area contributed by atoms with Crippen LogP contribution in [-0.2, 0) is 0 Å². The summed E-state index contributed by atoms with van der Waals surface area (Å²) in [6, 6.07) is 0. The van der Waals surface area contributed by atoms with Crippen molar-refractivity contribution in [2.45, 2.75) is 426 Å². The third-order valence-electron chi connectivity index (χ3n) is 16.5. The number of rotatable bonds is 41. The molecule has 2 unspecified atom stereocenters. The summed E-state index contributed by atoms with van der Waals surface area (Å²) in [6.07, 6.45) is 21.0. The van der Waals surface area contributed by atoms with Gasteiger partial charge in [0.1, 0.15) is 12.3 Å². The van der Waals surface area contributed by atoms with E-state index in [-0.39, 0.29) is 80.4 Å². The summed E-state index contributed by atoms with van der Waals surface area (Å²) in [4.78, 5) is 0. The van der Waals surface area contributed by atoms with Crippen LogP contribution in [0.2, 0.25) is 0 Å². The van der Waals surface area contributed by atoms with Gasteiger partial charge in [0.25, 0.3) is 11.8 Å². The first-order valence-corrected chi connectivity index (χ1v) is 41.1. The predicted molar refractivity (Wildman–Crippen MR) is 436 cm³/mol. The molecule has 0 N–H and O–H groups in total. The van der Waals surface area contributed by atoms with E-state index in [0.29, 0.717) is 73.0 Å². The Morgan fingerprint density at radius 3 is 0.914 bits per heavy atom. The molecule has 0 aromatic heterocycles. The van der Waals surface area contributed by atoms with Crippen LogP contribution in [0, 0.1) is 107 Å². The molecule has 0 aromatic carbocycles. The summed E-state index contributed by atoms with van der Waals surface area (Å²) in [6.45, 7) is 68.3. The molecular weight excluding hydrogens is 1370 g/mol. The maximum Gasteiger partial charge on any atom is 0.268 e. The molecule has 0 aromatic rings. The minimum Gasteiger partial charge on any atom is -0.247 e. The number of allylic oxidation sites excluding steroid dienone is 8. The van der Waals surface area contributed by atoms with Crippen molar-refractivity contribution in [3.8, 4) is 0 Å². The van der Waals surface area contributed by atoms with Crippen molar-refractivity contribution >= 4 is 0 Å². The van der Waals surface area contributed by atoms with E-state index in [1.165, 1.54) is 13.8 Å². The lowest BCUT2D eigenvalue weighted by Crippen LogP contribution is -2.23. The van der Waals surface area contributed by atoms with Gasteiger partial charge in [0.05, 0.1) is 5.83 Å². The van der Waals surface area contributed by atoms with Crippen LogP contribution in [0.25, 0.3) is 0 Å². The molecule has 0 aliphatic rings. The van der Waals surface area contributed by atoms with E-state index < -0.39 is 71.6 Å². The topological polar surface area (TPSA) is 0 Å². The van der Waals surface area contributed by atoms with E-state index in [0.717, 1.165) is 69.8 Å². The number of hydrogen-bond donors (Lipinski definition) is 0. The molecule has 15 heteroatoms. The second kappa shape index (κ2) is 67.6. The van der Waals surface area contributed by atoms with Gasteiger partial charge in [0, 0.05) is 74.5 Å². The van der Waals surface area contributed by atoms with Crippen LogP contribution in [0.15, 0.2) is 48.4 Å². The number of halogens is 15. The van der Waals surface area contributed by atoms with Crippen molar-refractivity contribution in [2.75, 3.05) is 0 Å². The molecule has 0 rings (SSSR count). The van der Waals surface area contributed by atoms with Crippen LogP contribution in [-0.4, -0.2) is 47.9 Å². The molecule has 0 aliphatic heterocycles. The third-order valence-corrected chi connectivity index (χ3v) is 16.5. The molecule has 0 fully saturated rings. The van der Waals surface area contributed by atoms with Crippen molar-refractivity contribution in [1.82, 2.24) is 0 Å². The summed E-state index contributed by atoms with van der Waals surface area (Å²) in [5, 5.41) is 0. The van der Waals surface area contributed by atoms with Crippen LogP contribution in [0.3, 0.4) is 0 Å². The number of alkyl halides is 14. The van der Waals surface area contributed by atoms with Crippen LogP contribution < -0.4 is 0 Å². The maximum atomic E-state index is 13.0. The molecule has 0 saturated heterocycles. The third kappa shape index (κ3) is 97.9. The molecule has 0 nitrogen and oxygen atoms in total. The molecular formula is C90H175F15. The monoisotopic (exact) mass is 1540 g/mol. The Balaban J connectivity index is -0.000000141. The second-order valence-electron chi connectivity index (χ2n) is 36.4. The Morgan fingerprint density at radius 2 is 0.648 bits per heavy atom. The Labute approximate surface area is 643 Å². The Kier molecular flexibility index (Phi) is 78.0. The summed E-state index contributed by atoms with van der Waals surface area (Å²) >= 11 is 0. The van der Waals surface area contributed by atoms with Crippen LogP contribution in [0.4, 0.5) is 65.9 Å². The van der Waals surface area contributed by atoms with E-state index in [2.05, 4.69) is 69.2 Å². The highest BCUT2D eigenvalue weighted by atomic mass is 19.3. The molecule has 0 saturated carbocycles. The average Bonchev–Trinajstić information content (AvgIpc) is 1.00. The standard InChI is InChI=1S/4C10H20F2.2C10H18F2.C10H21F.2C10H19F/c2*1-8(2)5-6-10(11,12)7-9(3)4;4*1-8(2)6-5-7-10(11,12)9(3)4;3*1-8(2)6-5-7-10(11)9(3)4/h4*8-9H,5-7H2,1-4H3;5,7-9H,6H2,1-4H3;5-6,8-9H,7H2,1-4H3;8-10H,5-7H2,1-4H3;7-9H,5-6H2,1-4H3;5,7-10H,6H2,1-4H3/b;;;;7-5+;6-5+;;10-7-;7-5+. The molecule has 0 radical (unpaired) electrons. The highest BCUT2D eigenvalue weighted by molar-refractivity contribution is 4.97. The molecule has 105 heavy (non-hydrogen) atoms. The summed E-state index contributed by atoms with van der Waals surface area (Å²) in [5.74, 6) is -12.0. The van der Waals surface area contributed by atoms with Crippen molar-refractivity contribution in [1.29, 1.82) is 0 Å². The van der Waals surface area contributed by atoms with Crippen LogP contribution in [0.1, 0.15) is 378 Å². The quantitative estimate of drug-likeness (QED) is 0.0423. The van der Waals surface area contributed by atoms with Crippen LogP contribution >= 0.6 is 0 Å². The molecule has 0 heterocycles. The largest absolute Gasteiger partial charge is 0.268 e. The summed E-state index contributed by atoms with van der Waals surface area (Å²) < 4.78 is 195. The highest BCUT2D eigenvalue weighted by Crippen LogP contribution is 2.34. The maximum absolute atomic E-state index is 13.0. The van der Waals surface area contributed by atoms with Gasteiger partial charge in [-0.3, -0.25) is 0 Å². The van der Waals surface area contributed by atoms with Crippen molar-refractivity contribution in [3.05, 3.63) is 48.4 Å². The smallest absolute Gasteiger partial charge is 0.247 e. The zero-order valence-corrected chi connectivity index (χ0v) is 74.9. The Morgan fingerprint density at radius 1 is 0.314 bits per heavy atom. The minimum atomic E-state index is -2.64. The van der Waals surface area contributed by atoms with Gasteiger partial charge in [0.2, 0.25) is 23.7 Å². The fraction of sp³-hybridized carbons (Fsp3) is 0.911. The molecule has 0 amide bonds. The first kappa shape index (κ1) is 121. The SMILES string of the molecule is CC(C)/C=C/CC(F)(F)C(C)C.CC(C)C/C=C/C(F)(F)C(C)C.CC(C)C/C=C/C(F)C(C)C.CC(C)CC/C=C(\F)C(C)C.CC(C)CCC(F)(F)CC(C)C.CC(C)CCC(F)(F)CC(C)C.CC(C)CCCC(F)(F)C(C)C.CC(C)CCCC(F)(F)C(C)C.CC(C)CCCC(F)C(C)C. The molecule has 640 valence electrons. The van der Waals surface area contributed by atoms with Gasteiger partial charge < -0.3 is 0 Å². The highest BCUT2D eigenvalue weighted by Gasteiger charge is 2.35. The molecule has 0 spiro atoms. The van der Waals surface area contributed by atoms with E-state index >= 15 is 0 Å². The van der Waals surface area contributed by atoms with Gasteiger partial charge in [-0.15, -0.1) is 0 Å².